The third-order valence-corrected chi connectivity index (χ3v) is 5.64. The first-order chi connectivity index (χ1) is 14.2. The normalized spacial score (nSPS) is 17.7. The van der Waals surface area contributed by atoms with Crippen LogP contribution in [0.2, 0.25) is 0 Å². The lowest BCUT2D eigenvalue weighted by atomic mass is 9.95. The number of rotatable bonds is 7. The maximum absolute atomic E-state index is 12.6. The SMILES string of the molecule is C#CCCC1(CCC(=O)N2CCC(c3nccc(-c4cccnc4)n3)CC2)N=N1. The van der Waals surface area contributed by atoms with Gasteiger partial charge in [0, 0.05) is 68.8 Å². The van der Waals surface area contributed by atoms with Gasteiger partial charge in [-0.2, -0.15) is 10.2 Å². The van der Waals surface area contributed by atoms with Crippen molar-refractivity contribution >= 4 is 5.91 Å². The van der Waals surface area contributed by atoms with Crippen molar-refractivity contribution < 1.29 is 4.79 Å². The molecule has 0 unspecified atom stereocenters. The third-order valence-electron chi connectivity index (χ3n) is 5.64. The summed E-state index contributed by atoms with van der Waals surface area (Å²) in [5.74, 6) is 3.91. The van der Waals surface area contributed by atoms with Gasteiger partial charge in [0.15, 0.2) is 5.66 Å². The van der Waals surface area contributed by atoms with Crippen LogP contribution in [0.4, 0.5) is 0 Å². The van der Waals surface area contributed by atoms with Gasteiger partial charge in [0.1, 0.15) is 5.82 Å². The standard InChI is InChI=1S/C22H24N6O/c1-2-3-10-22(26-27-22)11-6-20(29)28-14-8-17(9-15-28)21-24-13-7-19(25-21)18-5-4-12-23-16-18/h1,4-5,7,12-13,16-17H,3,6,8-11,14-15H2. The van der Waals surface area contributed by atoms with Crippen LogP contribution in [0, 0.1) is 12.3 Å². The van der Waals surface area contributed by atoms with Crippen molar-refractivity contribution in [2.75, 3.05) is 13.1 Å². The summed E-state index contributed by atoms with van der Waals surface area (Å²) in [6.07, 6.45) is 14.9. The van der Waals surface area contributed by atoms with Gasteiger partial charge in [-0.05, 0) is 31.0 Å². The third kappa shape index (κ3) is 4.65. The maximum Gasteiger partial charge on any atom is 0.222 e. The first-order valence-electron chi connectivity index (χ1n) is 10.1. The smallest absolute Gasteiger partial charge is 0.222 e. The Labute approximate surface area is 170 Å². The van der Waals surface area contributed by atoms with E-state index < -0.39 is 0 Å². The molecule has 0 radical (unpaired) electrons. The number of amides is 1. The fourth-order valence-electron chi connectivity index (χ4n) is 3.77. The number of terminal acetylenes is 1. The van der Waals surface area contributed by atoms with Gasteiger partial charge in [-0.25, -0.2) is 9.97 Å². The number of hydrogen-bond acceptors (Lipinski definition) is 6. The predicted molar refractivity (Wildman–Crippen MR) is 109 cm³/mol. The predicted octanol–water partition coefficient (Wildman–Crippen LogP) is 3.60. The molecule has 2 aliphatic heterocycles. The molecule has 0 aromatic carbocycles. The molecule has 29 heavy (non-hydrogen) atoms. The molecule has 7 nitrogen and oxygen atoms in total. The Morgan fingerprint density at radius 2 is 2.03 bits per heavy atom. The molecular weight excluding hydrogens is 364 g/mol. The van der Waals surface area contributed by atoms with E-state index in [0.717, 1.165) is 49.4 Å². The van der Waals surface area contributed by atoms with Crippen molar-refractivity contribution in [2.24, 2.45) is 10.2 Å². The number of likely N-dealkylation sites (tertiary alicyclic amines) is 1. The molecule has 1 saturated heterocycles. The minimum absolute atomic E-state index is 0.172. The van der Waals surface area contributed by atoms with Gasteiger partial charge in [0.25, 0.3) is 0 Å². The summed E-state index contributed by atoms with van der Waals surface area (Å²) in [7, 11) is 0. The molecule has 4 rings (SSSR count). The van der Waals surface area contributed by atoms with Crippen LogP contribution in [-0.2, 0) is 4.79 Å². The molecule has 148 valence electrons. The Morgan fingerprint density at radius 3 is 2.72 bits per heavy atom. The number of piperidine rings is 1. The molecule has 0 bridgehead atoms. The summed E-state index contributed by atoms with van der Waals surface area (Å²) in [5.41, 5.74) is 1.48. The van der Waals surface area contributed by atoms with Crippen molar-refractivity contribution in [1.82, 2.24) is 19.9 Å². The molecule has 2 aromatic heterocycles. The van der Waals surface area contributed by atoms with E-state index in [9.17, 15) is 4.79 Å². The average Bonchev–Trinajstić information content (AvgIpc) is 3.57. The highest BCUT2D eigenvalue weighted by Crippen LogP contribution is 2.38. The van der Waals surface area contributed by atoms with Crippen LogP contribution in [0.5, 0.6) is 0 Å². The van der Waals surface area contributed by atoms with E-state index in [1.165, 1.54) is 0 Å². The minimum atomic E-state index is -0.388. The molecule has 7 heteroatoms. The van der Waals surface area contributed by atoms with Crippen molar-refractivity contribution in [3.05, 3.63) is 42.6 Å². The molecule has 4 heterocycles. The zero-order valence-corrected chi connectivity index (χ0v) is 16.4. The van der Waals surface area contributed by atoms with Crippen LogP contribution in [0.1, 0.15) is 50.3 Å². The van der Waals surface area contributed by atoms with E-state index >= 15 is 0 Å². The van der Waals surface area contributed by atoms with E-state index in [1.54, 1.807) is 12.4 Å². The first-order valence-corrected chi connectivity index (χ1v) is 10.1. The Morgan fingerprint density at radius 1 is 1.21 bits per heavy atom. The molecular formula is C22H24N6O. The van der Waals surface area contributed by atoms with E-state index in [0.29, 0.717) is 19.3 Å². The lowest BCUT2D eigenvalue weighted by molar-refractivity contribution is -0.132. The zero-order chi connectivity index (χ0) is 20.1. The van der Waals surface area contributed by atoms with Gasteiger partial charge in [0.05, 0.1) is 5.69 Å². The number of aromatic nitrogens is 3. The molecule has 0 atom stereocenters. The van der Waals surface area contributed by atoms with E-state index in [1.807, 2.05) is 29.3 Å². The molecule has 0 aliphatic carbocycles. The second-order valence-electron chi connectivity index (χ2n) is 7.58. The van der Waals surface area contributed by atoms with Crippen LogP contribution in [0.3, 0.4) is 0 Å². The number of carbonyl (C=O) groups excluding carboxylic acids is 1. The number of carbonyl (C=O) groups is 1. The summed E-state index contributed by atoms with van der Waals surface area (Å²) in [6, 6.07) is 5.80. The lowest BCUT2D eigenvalue weighted by Gasteiger charge is -2.31. The second kappa shape index (κ2) is 8.48. The van der Waals surface area contributed by atoms with Crippen molar-refractivity contribution in [1.29, 1.82) is 0 Å². The Kier molecular flexibility index (Phi) is 5.61. The summed E-state index contributed by atoms with van der Waals surface area (Å²) in [6.45, 7) is 1.46. The largest absolute Gasteiger partial charge is 0.343 e. The van der Waals surface area contributed by atoms with E-state index in [2.05, 4.69) is 26.1 Å². The average molecular weight is 388 g/mol. The molecule has 2 aromatic rings. The fraction of sp³-hybridized carbons (Fsp3) is 0.455. The van der Waals surface area contributed by atoms with Crippen molar-refractivity contribution in [3.63, 3.8) is 0 Å². The zero-order valence-electron chi connectivity index (χ0n) is 16.4. The van der Waals surface area contributed by atoms with Crippen molar-refractivity contribution in [3.8, 4) is 23.6 Å². The van der Waals surface area contributed by atoms with Gasteiger partial charge in [-0.15, -0.1) is 12.3 Å². The van der Waals surface area contributed by atoms with Gasteiger partial charge >= 0.3 is 0 Å². The Hall–Kier alpha value is -3.14. The Bertz CT molecular complexity index is 922. The molecule has 2 aliphatic rings. The fourth-order valence-corrected chi connectivity index (χ4v) is 3.77. The van der Waals surface area contributed by atoms with Crippen molar-refractivity contribution in [2.45, 2.75) is 50.1 Å². The van der Waals surface area contributed by atoms with Gasteiger partial charge in [0.2, 0.25) is 5.91 Å². The summed E-state index contributed by atoms with van der Waals surface area (Å²) >= 11 is 0. The van der Waals surface area contributed by atoms with Gasteiger partial charge in [-0.1, -0.05) is 0 Å². The van der Waals surface area contributed by atoms with Crippen LogP contribution >= 0.6 is 0 Å². The summed E-state index contributed by atoms with van der Waals surface area (Å²) < 4.78 is 0. The number of pyridine rings is 1. The summed E-state index contributed by atoms with van der Waals surface area (Å²) in [5, 5.41) is 8.22. The van der Waals surface area contributed by atoms with Crippen LogP contribution in [-0.4, -0.2) is 44.5 Å². The van der Waals surface area contributed by atoms with Gasteiger partial charge < -0.3 is 4.90 Å². The number of nitrogens with zero attached hydrogens (tertiary/aromatic N) is 6. The lowest BCUT2D eigenvalue weighted by Crippen LogP contribution is -2.38. The van der Waals surface area contributed by atoms with E-state index in [4.69, 9.17) is 11.4 Å². The Balaban J connectivity index is 1.30. The molecule has 1 fully saturated rings. The minimum Gasteiger partial charge on any atom is -0.343 e. The molecule has 0 N–H and O–H groups in total. The van der Waals surface area contributed by atoms with Crippen LogP contribution in [0.25, 0.3) is 11.3 Å². The number of hydrogen-bond donors (Lipinski definition) is 0. The van der Waals surface area contributed by atoms with Crippen LogP contribution < -0.4 is 0 Å². The highest BCUT2D eigenvalue weighted by molar-refractivity contribution is 5.76. The van der Waals surface area contributed by atoms with Gasteiger partial charge in [-0.3, -0.25) is 9.78 Å². The molecule has 0 saturated carbocycles. The quantitative estimate of drug-likeness (QED) is 0.679. The molecule has 1 amide bonds. The highest BCUT2D eigenvalue weighted by atomic mass is 16.2. The first kappa shape index (κ1) is 19.2. The topological polar surface area (TPSA) is 83.7 Å². The summed E-state index contributed by atoms with van der Waals surface area (Å²) in [4.78, 5) is 27.9. The second-order valence-corrected chi connectivity index (χ2v) is 7.58. The van der Waals surface area contributed by atoms with Crippen LogP contribution in [0.15, 0.2) is 47.0 Å². The maximum atomic E-state index is 12.6. The molecule has 0 spiro atoms. The monoisotopic (exact) mass is 388 g/mol. The highest BCUT2D eigenvalue weighted by Gasteiger charge is 2.39. The van der Waals surface area contributed by atoms with E-state index in [-0.39, 0.29) is 17.5 Å².